The number of aliphatic hydroxyl groups is 2. The average Bonchev–Trinajstić information content (AvgIpc) is 3.52. The van der Waals surface area contributed by atoms with Gasteiger partial charge in [0, 0.05) is 34.5 Å². The van der Waals surface area contributed by atoms with Crippen LogP contribution in [0.25, 0.3) is 0 Å². The van der Waals surface area contributed by atoms with Crippen LogP contribution >= 0.6 is 0 Å². The number of epoxide rings is 2. The largest absolute Gasteiger partial charge is 0.459 e. The SMILES string of the molecule is CS(=O)C[C@](C)(O)[C@H]1OC(=O)C=C2[C@]3(C)[C@H]4[C@H](OC(=O)[C@@]4(C)[C@@H](O)[C@H]4O[C@H]43)[C@H]3O[C@@]231. The van der Waals surface area contributed by atoms with Crippen LogP contribution in [0.3, 0.4) is 0 Å². The summed E-state index contributed by atoms with van der Waals surface area (Å²) in [7, 11) is -1.36. The van der Waals surface area contributed by atoms with Gasteiger partial charge in [-0.05, 0) is 19.4 Å². The first-order valence-electron chi connectivity index (χ1n) is 10.1. The smallest absolute Gasteiger partial charge is 0.331 e. The van der Waals surface area contributed by atoms with Crippen molar-refractivity contribution in [2.45, 2.75) is 68.6 Å². The minimum absolute atomic E-state index is 0.111. The van der Waals surface area contributed by atoms with Crippen LogP contribution in [0.5, 0.6) is 0 Å². The lowest BCUT2D eigenvalue weighted by atomic mass is 9.46. The molecule has 0 radical (unpaired) electrons. The Morgan fingerprint density at radius 2 is 1.87 bits per heavy atom. The van der Waals surface area contributed by atoms with Crippen LogP contribution in [0.2, 0.25) is 0 Å². The lowest BCUT2D eigenvalue weighted by Gasteiger charge is -2.54. The summed E-state index contributed by atoms with van der Waals surface area (Å²) in [5.74, 6) is -1.72. The number of hydrogen-bond acceptors (Lipinski definition) is 9. The highest BCUT2D eigenvalue weighted by Gasteiger charge is 2.89. The predicted molar refractivity (Wildman–Crippen MR) is 99.4 cm³/mol. The maximum atomic E-state index is 12.9. The molecule has 1 spiro atoms. The molecule has 3 saturated heterocycles. The number of esters is 2. The van der Waals surface area contributed by atoms with E-state index in [2.05, 4.69) is 0 Å². The van der Waals surface area contributed by atoms with Crippen molar-refractivity contribution in [1.82, 2.24) is 0 Å². The number of fused-ring (bicyclic) bond motifs is 4. The van der Waals surface area contributed by atoms with Crippen molar-refractivity contribution >= 4 is 22.7 Å². The van der Waals surface area contributed by atoms with Crippen molar-refractivity contribution in [3.05, 3.63) is 11.6 Å². The molecule has 9 nitrogen and oxygen atoms in total. The van der Waals surface area contributed by atoms with E-state index in [4.69, 9.17) is 18.9 Å². The molecule has 10 heteroatoms. The Morgan fingerprint density at radius 1 is 1.17 bits per heavy atom. The number of ether oxygens (including phenoxy) is 4. The number of aliphatic hydroxyl groups excluding tert-OH is 1. The van der Waals surface area contributed by atoms with Gasteiger partial charge in [-0.15, -0.1) is 0 Å². The second-order valence-electron chi connectivity index (χ2n) is 10.2. The Kier molecular flexibility index (Phi) is 3.34. The van der Waals surface area contributed by atoms with Crippen molar-refractivity contribution in [1.29, 1.82) is 0 Å². The molecular formula is C20H24O9S. The van der Waals surface area contributed by atoms with Crippen molar-refractivity contribution in [3.8, 4) is 0 Å². The normalized spacial score (nSPS) is 57.4. The molecule has 0 aromatic rings. The van der Waals surface area contributed by atoms with Crippen LogP contribution in [0.4, 0.5) is 0 Å². The molecule has 0 bridgehead atoms. The second kappa shape index (κ2) is 5.17. The Balaban J connectivity index is 1.54. The number of hydrogen-bond donors (Lipinski definition) is 2. The van der Waals surface area contributed by atoms with E-state index >= 15 is 0 Å². The molecule has 2 aliphatic carbocycles. The Labute approximate surface area is 175 Å². The second-order valence-corrected chi connectivity index (χ2v) is 11.6. The fraction of sp³-hybridized carbons (Fsp3) is 0.800. The van der Waals surface area contributed by atoms with Gasteiger partial charge in [0.25, 0.3) is 0 Å². The van der Waals surface area contributed by atoms with E-state index in [0.29, 0.717) is 5.57 Å². The number of rotatable bonds is 3. The van der Waals surface area contributed by atoms with Crippen molar-refractivity contribution in [3.63, 3.8) is 0 Å². The van der Waals surface area contributed by atoms with Gasteiger partial charge in [0.1, 0.15) is 29.3 Å². The number of carbonyl (C=O) groups is 2. The van der Waals surface area contributed by atoms with Crippen LogP contribution in [-0.4, -0.2) is 86.2 Å². The first kappa shape index (κ1) is 19.4. The van der Waals surface area contributed by atoms with Gasteiger partial charge in [0.2, 0.25) is 0 Å². The molecule has 30 heavy (non-hydrogen) atoms. The maximum Gasteiger partial charge on any atom is 0.331 e. The fourth-order valence-corrected chi connectivity index (χ4v) is 8.13. The predicted octanol–water partition coefficient (Wildman–Crippen LogP) is -1.18. The van der Waals surface area contributed by atoms with Gasteiger partial charge in [-0.3, -0.25) is 9.00 Å². The quantitative estimate of drug-likeness (QED) is 0.410. The average molecular weight is 440 g/mol. The third kappa shape index (κ3) is 1.88. The molecule has 6 rings (SSSR count). The molecule has 2 saturated carbocycles. The molecule has 4 aliphatic heterocycles. The van der Waals surface area contributed by atoms with Crippen molar-refractivity contribution in [2.24, 2.45) is 16.7 Å². The lowest BCUT2D eigenvalue weighted by Crippen LogP contribution is -2.68. The van der Waals surface area contributed by atoms with Crippen LogP contribution < -0.4 is 0 Å². The molecule has 0 aromatic heterocycles. The van der Waals surface area contributed by atoms with E-state index < -0.39 is 87.3 Å². The zero-order valence-electron chi connectivity index (χ0n) is 17.0. The minimum Gasteiger partial charge on any atom is -0.459 e. The zero-order chi connectivity index (χ0) is 21.6. The van der Waals surface area contributed by atoms with Crippen molar-refractivity contribution in [2.75, 3.05) is 12.0 Å². The zero-order valence-corrected chi connectivity index (χ0v) is 17.8. The molecular weight excluding hydrogens is 416 g/mol. The number of carbonyl (C=O) groups excluding carboxylic acids is 2. The van der Waals surface area contributed by atoms with Crippen LogP contribution in [0.1, 0.15) is 20.8 Å². The Morgan fingerprint density at radius 3 is 2.53 bits per heavy atom. The van der Waals surface area contributed by atoms with Gasteiger partial charge in [-0.1, -0.05) is 6.92 Å². The van der Waals surface area contributed by atoms with Gasteiger partial charge >= 0.3 is 11.9 Å². The molecule has 1 unspecified atom stereocenters. The third-order valence-corrected chi connectivity index (χ3v) is 9.27. The summed E-state index contributed by atoms with van der Waals surface area (Å²) in [6, 6.07) is 0. The first-order chi connectivity index (χ1) is 13.9. The maximum absolute atomic E-state index is 12.9. The van der Waals surface area contributed by atoms with E-state index in [1.807, 2.05) is 6.92 Å². The molecule has 0 amide bonds. The minimum atomic E-state index is -1.63. The van der Waals surface area contributed by atoms with Crippen LogP contribution in [0, 0.1) is 16.7 Å². The van der Waals surface area contributed by atoms with Crippen LogP contribution in [0.15, 0.2) is 11.6 Å². The molecule has 2 N–H and O–H groups in total. The Bertz CT molecular complexity index is 960. The fourth-order valence-electron chi connectivity index (χ4n) is 7.15. The van der Waals surface area contributed by atoms with Gasteiger partial charge in [-0.2, -0.15) is 0 Å². The molecule has 164 valence electrons. The molecule has 6 aliphatic rings. The highest BCUT2D eigenvalue weighted by molar-refractivity contribution is 7.84. The molecule has 4 heterocycles. The summed E-state index contributed by atoms with van der Waals surface area (Å²) in [5, 5.41) is 22.0. The van der Waals surface area contributed by atoms with Gasteiger partial charge in [0.05, 0.1) is 18.0 Å². The first-order valence-corrected chi connectivity index (χ1v) is 11.8. The van der Waals surface area contributed by atoms with Gasteiger partial charge in [-0.25, -0.2) is 4.79 Å². The van der Waals surface area contributed by atoms with Crippen molar-refractivity contribution < 1.29 is 43.0 Å². The summed E-state index contributed by atoms with van der Waals surface area (Å²) in [4.78, 5) is 25.6. The summed E-state index contributed by atoms with van der Waals surface area (Å²) in [5.41, 5.74) is -4.23. The van der Waals surface area contributed by atoms with Gasteiger partial charge < -0.3 is 29.2 Å². The number of cyclic esters (lactones) is 1. The summed E-state index contributed by atoms with van der Waals surface area (Å²) in [6.45, 7) is 5.07. The highest BCUT2D eigenvalue weighted by atomic mass is 32.2. The summed E-state index contributed by atoms with van der Waals surface area (Å²) < 4.78 is 35.2. The topological polar surface area (TPSA) is 135 Å². The molecule has 12 atom stereocenters. The van der Waals surface area contributed by atoms with Crippen LogP contribution in [-0.2, 0) is 39.3 Å². The van der Waals surface area contributed by atoms with E-state index in [1.165, 1.54) is 19.3 Å². The van der Waals surface area contributed by atoms with Gasteiger partial charge in [0.15, 0.2) is 11.7 Å². The standard InChI is InChI=1S/C20H24O9S/c1-17(24,6-30(4)25)15-20-7(5-8(21)26-15)18(2)11-9(14(20)29-20)28-16(23)19(11,3)12(22)10-13(18)27-10/h5,9-15,22,24H,6H2,1-4H3/t9-,10+,11+,12-,13+,14+,15+,17-,18+,19+,20-,30?/m0/s1. The van der Waals surface area contributed by atoms with E-state index in [-0.39, 0.29) is 5.75 Å². The summed E-state index contributed by atoms with van der Waals surface area (Å²) >= 11 is 0. The summed E-state index contributed by atoms with van der Waals surface area (Å²) in [6.07, 6.45) is -1.54. The highest BCUT2D eigenvalue weighted by Crippen LogP contribution is 2.75. The lowest BCUT2D eigenvalue weighted by molar-refractivity contribution is -0.169. The molecule has 5 fully saturated rings. The Hall–Kier alpha value is -1.33. The monoisotopic (exact) mass is 440 g/mol. The van der Waals surface area contributed by atoms with E-state index in [1.54, 1.807) is 6.92 Å². The van der Waals surface area contributed by atoms with E-state index in [9.17, 15) is 24.0 Å². The molecule has 0 aromatic carbocycles. The van der Waals surface area contributed by atoms with E-state index in [0.717, 1.165) is 0 Å². The third-order valence-electron chi connectivity index (χ3n) is 8.28.